The third-order valence-corrected chi connectivity index (χ3v) is 4.12. The minimum Gasteiger partial charge on any atom is -0.381 e. The van der Waals surface area contributed by atoms with E-state index < -0.39 is 5.92 Å². The number of hydrogen-bond acceptors (Lipinski definition) is 2. The van der Waals surface area contributed by atoms with E-state index >= 15 is 0 Å². The largest absolute Gasteiger partial charge is 0.381 e. The Bertz CT molecular complexity index is 219. The van der Waals surface area contributed by atoms with Gasteiger partial charge in [0.2, 0.25) is 5.92 Å². The Morgan fingerprint density at radius 1 is 1.00 bits per heavy atom. The molecule has 2 nitrogen and oxygen atoms in total. The molecule has 0 bridgehead atoms. The summed E-state index contributed by atoms with van der Waals surface area (Å²) in [5, 5.41) is 0. The summed E-state index contributed by atoms with van der Waals surface area (Å²) >= 11 is 0. The predicted octanol–water partition coefficient (Wildman–Crippen LogP) is 2.57. The van der Waals surface area contributed by atoms with Gasteiger partial charge in [-0.25, -0.2) is 8.78 Å². The Hall–Kier alpha value is -0.220. The number of alkyl halides is 2. The number of halogens is 2. The zero-order chi connectivity index (χ0) is 11.6. The van der Waals surface area contributed by atoms with Crippen LogP contribution in [0.1, 0.15) is 38.5 Å². The quantitative estimate of drug-likeness (QED) is 0.795. The van der Waals surface area contributed by atoms with Crippen molar-refractivity contribution in [3.63, 3.8) is 0 Å². The molecule has 0 radical (unpaired) electrons. The monoisotopic (exact) mass is 233 g/mol. The first-order chi connectivity index (χ1) is 7.58. The summed E-state index contributed by atoms with van der Waals surface area (Å²) in [6.07, 6.45) is 3.21. The van der Waals surface area contributed by atoms with E-state index in [1.54, 1.807) is 0 Å². The van der Waals surface area contributed by atoms with Crippen LogP contribution in [0.25, 0.3) is 0 Å². The van der Waals surface area contributed by atoms with Gasteiger partial charge in [0.25, 0.3) is 0 Å². The third-order valence-electron chi connectivity index (χ3n) is 4.12. The lowest BCUT2D eigenvalue weighted by Crippen LogP contribution is -2.43. The molecule has 2 N–H and O–H groups in total. The van der Waals surface area contributed by atoms with Crippen molar-refractivity contribution in [3.8, 4) is 0 Å². The fraction of sp³-hybridized carbons (Fsp3) is 1.00. The van der Waals surface area contributed by atoms with E-state index in [9.17, 15) is 8.78 Å². The van der Waals surface area contributed by atoms with Gasteiger partial charge >= 0.3 is 0 Å². The second-order valence-electron chi connectivity index (χ2n) is 5.22. The first-order valence-corrected chi connectivity index (χ1v) is 6.30. The van der Waals surface area contributed by atoms with Gasteiger partial charge in [0.15, 0.2) is 0 Å². The van der Waals surface area contributed by atoms with Crippen molar-refractivity contribution < 1.29 is 13.5 Å². The molecule has 1 unspecified atom stereocenters. The molecular weight excluding hydrogens is 212 g/mol. The van der Waals surface area contributed by atoms with Crippen molar-refractivity contribution in [2.45, 2.75) is 50.5 Å². The lowest BCUT2D eigenvalue weighted by atomic mass is 9.76. The molecule has 1 aliphatic heterocycles. The molecule has 1 aliphatic carbocycles. The van der Waals surface area contributed by atoms with Gasteiger partial charge in [-0.15, -0.1) is 0 Å². The van der Waals surface area contributed by atoms with E-state index in [2.05, 4.69) is 0 Å². The van der Waals surface area contributed by atoms with Crippen molar-refractivity contribution in [3.05, 3.63) is 0 Å². The predicted molar refractivity (Wildman–Crippen MR) is 58.4 cm³/mol. The SMILES string of the molecule is NC(C1CCOCC1)C1CCC(F)(F)CC1. The van der Waals surface area contributed by atoms with E-state index in [1.165, 1.54) is 0 Å². The molecule has 2 rings (SSSR count). The molecule has 1 saturated carbocycles. The highest BCUT2D eigenvalue weighted by Gasteiger charge is 2.38. The summed E-state index contributed by atoms with van der Waals surface area (Å²) in [6, 6.07) is 0.0972. The van der Waals surface area contributed by atoms with Gasteiger partial charge in [-0.3, -0.25) is 0 Å². The molecule has 1 heterocycles. The Kier molecular flexibility index (Phi) is 3.80. The zero-order valence-corrected chi connectivity index (χ0v) is 9.63. The summed E-state index contributed by atoms with van der Waals surface area (Å²) in [5.41, 5.74) is 6.21. The maximum Gasteiger partial charge on any atom is 0.248 e. The highest BCUT2D eigenvalue weighted by Crippen LogP contribution is 2.39. The molecule has 2 fully saturated rings. The normalized spacial score (nSPS) is 30.2. The summed E-state index contributed by atoms with van der Waals surface area (Å²) in [4.78, 5) is 0. The molecule has 0 aromatic heterocycles. The minimum atomic E-state index is -2.44. The van der Waals surface area contributed by atoms with Crippen LogP contribution < -0.4 is 5.73 Å². The molecule has 4 heteroatoms. The van der Waals surface area contributed by atoms with Crippen LogP contribution >= 0.6 is 0 Å². The number of ether oxygens (including phenoxy) is 1. The number of nitrogens with two attached hydrogens (primary N) is 1. The number of hydrogen-bond donors (Lipinski definition) is 1. The topological polar surface area (TPSA) is 35.2 Å². The van der Waals surface area contributed by atoms with Crippen LogP contribution in [0, 0.1) is 11.8 Å². The van der Waals surface area contributed by atoms with Gasteiger partial charge < -0.3 is 10.5 Å². The van der Waals surface area contributed by atoms with Gasteiger partial charge in [-0.2, -0.15) is 0 Å². The smallest absolute Gasteiger partial charge is 0.248 e. The molecule has 16 heavy (non-hydrogen) atoms. The average molecular weight is 233 g/mol. The highest BCUT2D eigenvalue weighted by molar-refractivity contribution is 4.87. The zero-order valence-electron chi connectivity index (χ0n) is 9.63. The minimum absolute atomic E-state index is 0.0224. The Morgan fingerprint density at radius 3 is 2.06 bits per heavy atom. The average Bonchev–Trinajstić information content (AvgIpc) is 2.29. The van der Waals surface area contributed by atoms with Crippen molar-refractivity contribution in [1.29, 1.82) is 0 Å². The van der Waals surface area contributed by atoms with E-state index in [4.69, 9.17) is 10.5 Å². The van der Waals surface area contributed by atoms with Gasteiger partial charge in [-0.1, -0.05) is 0 Å². The van der Waals surface area contributed by atoms with Gasteiger partial charge in [0.1, 0.15) is 0 Å². The third kappa shape index (κ3) is 2.92. The maximum atomic E-state index is 13.0. The summed E-state index contributed by atoms with van der Waals surface area (Å²) < 4.78 is 31.3. The number of rotatable bonds is 2. The maximum absolute atomic E-state index is 13.0. The van der Waals surface area contributed by atoms with Crippen molar-refractivity contribution >= 4 is 0 Å². The van der Waals surface area contributed by atoms with Crippen molar-refractivity contribution in [1.82, 2.24) is 0 Å². The molecule has 0 aromatic rings. The van der Waals surface area contributed by atoms with Crippen LogP contribution in [0.15, 0.2) is 0 Å². The molecule has 94 valence electrons. The summed E-state index contributed by atoms with van der Waals surface area (Å²) in [6.45, 7) is 1.56. The highest BCUT2D eigenvalue weighted by atomic mass is 19.3. The second-order valence-corrected chi connectivity index (χ2v) is 5.22. The van der Waals surface area contributed by atoms with Gasteiger partial charge in [-0.05, 0) is 37.5 Å². The van der Waals surface area contributed by atoms with Crippen LogP contribution in [-0.4, -0.2) is 25.2 Å². The Balaban J connectivity index is 1.83. The van der Waals surface area contributed by atoms with Crippen LogP contribution in [0.2, 0.25) is 0 Å². The standard InChI is InChI=1S/C12H21F2NO/c13-12(14)5-1-9(2-6-12)11(15)10-3-7-16-8-4-10/h9-11H,1-8,15H2. The van der Waals surface area contributed by atoms with Crippen LogP contribution in [0.4, 0.5) is 8.78 Å². The Labute approximate surface area is 95.5 Å². The van der Waals surface area contributed by atoms with Gasteiger partial charge in [0, 0.05) is 32.1 Å². The molecule has 0 aromatic carbocycles. The molecule has 0 amide bonds. The molecule has 2 aliphatic rings. The molecule has 1 saturated heterocycles. The fourth-order valence-electron chi connectivity index (χ4n) is 2.93. The molecule has 1 atom stereocenters. The summed E-state index contributed by atoms with van der Waals surface area (Å²) in [5.74, 6) is -1.67. The van der Waals surface area contributed by atoms with Crippen LogP contribution in [0.3, 0.4) is 0 Å². The Morgan fingerprint density at radius 2 is 1.50 bits per heavy atom. The van der Waals surface area contributed by atoms with Crippen molar-refractivity contribution in [2.24, 2.45) is 17.6 Å². The lowest BCUT2D eigenvalue weighted by Gasteiger charge is -2.37. The lowest BCUT2D eigenvalue weighted by molar-refractivity contribution is -0.0530. The second kappa shape index (κ2) is 4.96. The van der Waals surface area contributed by atoms with Crippen LogP contribution in [-0.2, 0) is 4.74 Å². The van der Waals surface area contributed by atoms with E-state index in [1.807, 2.05) is 0 Å². The van der Waals surface area contributed by atoms with E-state index in [0.29, 0.717) is 24.7 Å². The first-order valence-electron chi connectivity index (χ1n) is 6.30. The molecule has 0 spiro atoms. The summed E-state index contributed by atoms with van der Waals surface area (Å²) in [7, 11) is 0. The fourth-order valence-corrected chi connectivity index (χ4v) is 2.93. The van der Waals surface area contributed by atoms with E-state index in [0.717, 1.165) is 26.1 Å². The van der Waals surface area contributed by atoms with Gasteiger partial charge in [0.05, 0.1) is 0 Å². The van der Waals surface area contributed by atoms with E-state index in [-0.39, 0.29) is 18.9 Å². The first kappa shape index (κ1) is 12.2. The molecular formula is C12H21F2NO. The van der Waals surface area contributed by atoms with Crippen LogP contribution in [0.5, 0.6) is 0 Å². The van der Waals surface area contributed by atoms with Crippen molar-refractivity contribution in [2.75, 3.05) is 13.2 Å².